The number of likely N-dealkylation sites (tertiary alicyclic amines) is 1. The van der Waals surface area contributed by atoms with Crippen molar-refractivity contribution in [3.63, 3.8) is 0 Å². The highest BCUT2D eigenvalue weighted by atomic mass is 16.6. The molecule has 0 aromatic carbocycles. The maximum absolute atomic E-state index is 12.1. The molecule has 0 aliphatic carbocycles. The number of carbonyl (C=O) groups excluding carboxylic acids is 2. The van der Waals surface area contributed by atoms with Crippen molar-refractivity contribution in [3.8, 4) is 0 Å². The molecule has 1 aliphatic heterocycles. The molecule has 0 radical (unpaired) electrons. The fourth-order valence-corrected chi connectivity index (χ4v) is 2.12. The Hall–Kier alpha value is -1.30. The molecule has 1 saturated heterocycles. The van der Waals surface area contributed by atoms with Gasteiger partial charge in [-0.25, -0.2) is 4.79 Å². The smallest absolute Gasteiger partial charge is 0.410 e. The first-order valence-electron chi connectivity index (χ1n) is 6.46. The molecular formula is C13H23NO5. The van der Waals surface area contributed by atoms with E-state index in [-0.39, 0.29) is 31.1 Å². The van der Waals surface area contributed by atoms with E-state index in [2.05, 4.69) is 0 Å². The largest absolute Gasteiger partial charge is 0.469 e. The van der Waals surface area contributed by atoms with Gasteiger partial charge in [0.05, 0.1) is 25.7 Å². The zero-order valence-electron chi connectivity index (χ0n) is 12.0. The van der Waals surface area contributed by atoms with Crippen molar-refractivity contribution in [2.45, 2.75) is 45.3 Å². The Kier molecular flexibility index (Phi) is 5.17. The maximum atomic E-state index is 12.1. The fourth-order valence-electron chi connectivity index (χ4n) is 2.12. The number of hydrogen-bond donors (Lipinski definition) is 1. The highest BCUT2D eigenvalue weighted by molar-refractivity contribution is 5.75. The van der Waals surface area contributed by atoms with Gasteiger partial charge in [-0.2, -0.15) is 0 Å². The van der Waals surface area contributed by atoms with Crippen LogP contribution < -0.4 is 0 Å². The molecule has 0 aromatic rings. The van der Waals surface area contributed by atoms with Crippen molar-refractivity contribution in [2.24, 2.45) is 5.92 Å². The molecule has 0 spiro atoms. The lowest BCUT2D eigenvalue weighted by atomic mass is 9.93. The first-order chi connectivity index (χ1) is 8.78. The van der Waals surface area contributed by atoms with Gasteiger partial charge in [-0.05, 0) is 33.6 Å². The van der Waals surface area contributed by atoms with Crippen LogP contribution >= 0.6 is 0 Å². The minimum absolute atomic E-state index is 0.132. The minimum atomic E-state index is -0.602. The predicted octanol–water partition coefficient (Wildman–Crippen LogP) is 1.17. The SMILES string of the molecule is COC(=O)[C@@H]1CC[C@H](CO)N(C(=O)OC(C)(C)C)C1. The van der Waals surface area contributed by atoms with Crippen molar-refractivity contribution < 1.29 is 24.2 Å². The van der Waals surface area contributed by atoms with Crippen LogP contribution in [0.5, 0.6) is 0 Å². The van der Waals surface area contributed by atoms with Gasteiger partial charge in [0.25, 0.3) is 0 Å². The molecular weight excluding hydrogens is 250 g/mol. The summed E-state index contributed by atoms with van der Waals surface area (Å²) in [5, 5.41) is 9.33. The average Bonchev–Trinajstić information content (AvgIpc) is 2.35. The first kappa shape index (κ1) is 15.8. The zero-order valence-corrected chi connectivity index (χ0v) is 12.0. The molecule has 1 fully saturated rings. The molecule has 6 nitrogen and oxygen atoms in total. The highest BCUT2D eigenvalue weighted by Crippen LogP contribution is 2.24. The molecule has 1 rings (SSSR count). The number of aliphatic hydroxyl groups excluding tert-OH is 1. The third-order valence-corrected chi connectivity index (χ3v) is 3.08. The number of piperidine rings is 1. The molecule has 19 heavy (non-hydrogen) atoms. The van der Waals surface area contributed by atoms with Crippen molar-refractivity contribution in [1.82, 2.24) is 4.90 Å². The number of nitrogens with zero attached hydrogens (tertiary/aromatic N) is 1. The van der Waals surface area contributed by atoms with Gasteiger partial charge in [0.15, 0.2) is 0 Å². The average molecular weight is 273 g/mol. The lowest BCUT2D eigenvalue weighted by Crippen LogP contribution is -2.51. The van der Waals surface area contributed by atoms with Gasteiger partial charge in [0.1, 0.15) is 5.60 Å². The summed E-state index contributed by atoms with van der Waals surface area (Å²) in [5.41, 5.74) is -0.602. The Balaban J connectivity index is 2.75. The Morgan fingerprint density at radius 1 is 1.32 bits per heavy atom. The van der Waals surface area contributed by atoms with Crippen LogP contribution in [0.25, 0.3) is 0 Å². The van der Waals surface area contributed by atoms with Crippen LogP contribution in [-0.4, -0.2) is 54.0 Å². The zero-order chi connectivity index (χ0) is 14.6. The summed E-state index contributed by atoms with van der Waals surface area (Å²) in [5.74, 6) is -0.676. The van der Waals surface area contributed by atoms with Gasteiger partial charge in [0.2, 0.25) is 0 Å². The first-order valence-corrected chi connectivity index (χ1v) is 6.46. The maximum Gasteiger partial charge on any atom is 0.410 e. The van der Waals surface area contributed by atoms with E-state index in [4.69, 9.17) is 9.47 Å². The molecule has 0 aromatic heterocycles. The monoisotopic (exact) mass is 273 g/mol. The number of ether oxygens (including phenoxy) is 2. The molecule has 0 bridgehead atoms. The quantitative estimate of drug-likeness (QED) is 0.764. The molecule has 1 aliphatic rings. The number of amides is 1. The minimum Gasteiger partial charge on any atom is -0.469 e. The lowest BCUT2D eigenvalue weighted by molar-refractivity contribution is -0.147. The fraction of sp³-hybridized carbons (Fsp3) is 0.846. The second kappa shape index (κ2) is 6.23. The second-order valence-corrected chi connectivity index (χ2v) is 5.77. The van der Waals surface area contributed by atoms with E-state index in [1.54, 1.807) is 20.8 Å². The summed E-state index contributed by atoms with van der Waals surface area (Å²) >= 11 is 0. The molecule has 1 N–H and O–H groups in total. The summed E-state index contributed by atoms with van der Waals surface area (Å²) in [6.45, 7) is 5.43. The van der Waals surface area contributed by atoms with Crippen LogP contribution in [-0.2, 0) is 14.3 Å². The van der Waals surface area contributed by atoms with Crippen molar-refractivity contribution in [1.29, 1.82) is 0 Å². The Morgan fingerprint density at radius 2 is 1.95 bits per heavy atom. The van der Waals surface area contributed by atoms with Gasteiger partial charge in [-0.1, -0.05) is 0 Å². The van der Waals surface area contributed by atoms with Crippen LogP contribution in [0.15, 0.2) is 0 Å². The Bertz CT molecular complexity index is 336. The molecule has 0 unspecified atom stereocenters. The van der Waals surface area contributed by atoms with E-state index in [1.807, 2.05) is 0 Å². The predicted molar refractivity (Wildman–Crippen MR) is 68.6 cm³/mol. The van der Waals surface area contributed by atoms with Gasteiger partial charge in [0, 0.05) is 6.54 Å². The number of hydrogen-bond acceptors (Lipinski definition) is 5. The van der Waals surface area contributed by atoms with E-state index < -0.39 is 11.7 Å². The summed E-state index contributed by atoms with van der Waals surface area (Å²) in [7, 11) is 1.33. The van der Waals surface area contributed by atoms with Crippen molar-refractivity contribution in [2.75, 3.05) is 20.3 Å². The second-order valence-electron chi connectivity index (χ2n) is 5.77. The summed E-state index contributed by atoms with van der Waals surface area (Å²) in [6.07, 6.45) is 0.673. The number of esters is 1. The topological polar surface area (TPSA) is 76.1 Å². The van der Waals surface area contributed by atoms with Crippen LogP contribution in [0.4, 0.5) is 4.79 Å². The summed E-state index contributed by atoms with van der Waals surface area (Å²) in [4.78, 5) is 25.1. The molecule has 110 valence electrons. The Morgan fingerprint density at radius 3 is 2.42 bits per heavy atom. The standard InChI is InChI=1S/C13H23NO5/c1-13(2,3)19-12(17)14-7-9(11(16)18-4)5-6-10(14)8-15/h9-10,15H,5-8H2,1-4H3/t9-,10-/m1/s1. The summed E-state index contributed by atoms with van der Waals surface area (Å²) in [6, 6.07) is -0.296. The van der Waals surface area contributed by atoms with Crippen LogP contribution in [0, 0.1) is 5.92 Å². The van der Waals surface area contributed by atoms with E-state index in [9.17, 15) is 14.7 Å². The lowest BCUT2D eigenvalue weighted by Gasteiger charge is -2.38. The number of carbonyl (C=O) groups is 2. The van der Waals surface area contributed by atoms with Crippen LogP contribution in [0.3, 0.4) is 0 Å². The highest BCUT2D eigenvalue weighted by Gasteiger charge is 2.36. The normalized spacial score (nSPS) is 23.9. The number of rotatable bonds is 2. The van der Waals surface area contributed by atoms with E-state index in [0.29, 0.717) is 12.8 Å². The van der Waals surface area contributed by atoms with Gasteiger partial charge >= 0.3 is 12.1 Å². The van der Waals surface area contributed by atoms with E-state index >= 15 is 0 Å². The summed E-state index contributed by atoms with van der Waals surface area (Å²) < 4.78 is 10.0. The third kappa shape index (κ3) is 4.38. The number of methoxy groups -OCH3 is 1. The van der Waals surface area contributed by atoms with Gasteiger partial charge < -0.3 is 19.5 Å². The van der Waals surface area contributed by atoms with Gasteiger partial charge in [-0.15, -0.1) is 0 Å². The number of aliphatic hydroxyl groups is 1. The molecule has 0 saturated carbocycles. The molecule has 1 amide bonds. The van der Waals surface area contributed by atoms with E-state index in [1.165, 1.54) is 12.0 Å². The molecule has 2 atom stereocenters. The van der Waals surface area contributed by atoms with Crippen molar-refractivity contribution in [3.05, 3.63) is 0 Å². The van der Waals surface area contributed by atoms with E-state index in [0.717, 1.165) is 0 Å². The van der Waals surface area contributed by atoms with Crippen LogP contribution in [0.2, 0.25) is 0 Å². The molecule has 6 heteroatoms. The third-order valence-electron chi connectivity index (χ3n) is 3.08. The molecule has 1 heterocycles. The Labute approximate surface area is 113 Å². The van der Waals surface area contributed by atoms with Crippen molar-refractivity contribution >= 4 is 12.1 Å². The van der Waals surface area contributed by atoms with Crippen LogP contribution in [0.1, 0.15) is 33.6 Å². The van der Waals surface area contributed by atoms with Gasteiger partial charge in [-0.3, -0.25) is 4.79 Å².